The highest BCUT2D eigenvalue weighted by molar-refractivity contribution is 7.13. The van der Waals surface area contributed by atoms with Gasteiger partial charge in [0.05, 0.1) is 17.8 Å². The number of thiazole rings is 1. The Morgan fingerprint density at radius 2 is 1.96 bits per heavy atom. The van der Waals surface area contributed by atoms with Crippen molar-refractivity contribution < 1.29 is 4.79 Å². The highest BCUT2D eigenvalue weighted by Crippen LogP contribution is 2.21. The minimum absolute atomic E-state index is 0.0145. The molecule has 0 saturated heterocycles. The van der Waals surface area contributed by atoms with Crippen LogP contribution in [0.4, 0.5) is 5.69 Å². The molecule has 0 aliphatic heterocycles. The molecule has 0 saturated carbocycles. The summed E-state index contributed by atoms with van der Waals surface area (Å²) in [5.74, 6) is -0.0145. The van der Waals surface area contributed by atoms with Crippen LogP contribution >= 0.6 is 11.3 Å². The lowest BCUT2D eigenvalue weighted by atomic mass is 10.3. The fourth-order valence-electron chi connectivity index (χ4n) is 2.40. The Kier molecular flexibility index (Phi) is 5.74. The third-order valence-corrected chi connectivity index (χ3v) is 4.66. The predicted molar refractivity (Wildman–Crippen MR) is 102 cm³/mol. The standard InChI is InChI=1S/C19H20N4OS/c1-23(16-7-3-2-4-8-16)12-11-21-18(24)13-15-14-25-19(22-15)17-9-5-6-10-20-17/h2-10,14H,11-13H2,1H3,(H,21,24). The van der Waals surface area contributed by atoms with Crippen molar-refractivity contribution in [3.63, 3.8) is 0 Å². The maximum absolute atomic E-state index is 12.1. The van der Waals surface area contributed by atoms with Crippen molar-refractivity contribution in [2.75, 3.05) is 25.0 Å². The van der Waals surface area contributed by atoms with Crippen molar-refractivity contribution in [2.24, 2.45) is 0 Å². The van der Waals surface area contributed by atoms with E-state index < -0.39 is 0 Å². The van der Waals surface area contributed by atoms with Crippen LogP contribution in [0.5, 0.6) is 0 Å². The molecule has 1 amide bonds. The summed E-state index contributed by atoms with van der Waals surface area (Å²) in [6, 6.07) is 15.8. The summed E-state index contributed by atoms with van der Waals surface area (Å²) in [5.41, 5.74) is 2.75. The molecule has 2 heterocycles. The van der Waals surface area contributed by atoms with Crippen molar-refractivity contribution >= 4 is 22.9 Å². The number of pyridine rings is 1. The number of para-hydroxylation sites is 1. The second-order valence-corrected chi connectivity index (χ2v) is 6.50. The van der Waals surface area contributed by atoms with Crippen LogP contribution in [-0.4, -0.2) is 36.0 Å². The van der Waals surface area contributed by atoms with Crippen LogP contribution in [0, 0.1) is 0 Å². The molecule has 0 atom stereocenters. The predicted octanol–water partition coefficient (Wildman–Crippen LogP) is 3.00. The van der Waals surface area contributed by atoms with E-state index in [9.17, 15) is 4.79 Å². The van der Waals surface area contributed by atoms with Gasteiger partial charge >= 0.3 is 0 Å². The fraction of sp³-hybridized carbons (Fsp3) is 0.211. The number of hydrogen-bond donors (Lipinski definition) is 1. The van der Waals surface area contributed by atoms with Crippen LogP contribution in [-0.2, 0) is 11.2 Å². The van der Waals surface area contributed by atoms with Crippen LogP contribution < -0.4 is 10.2 Å². The van der Waals surface area contributed by atoms with Gasteiger partial charge in [0, 0.05) is 37.4 Å². The first-order chi connectivity index (χ1) is 12.2. The van der Waals surface area contributed by atoms with Crippen LogP contribution in [0.3, 0.4) is 0 Å². The van der Waals surface area contributed by atoms with Gasteiger partial charge < -0.3 is 10.2 Å². The molecule has 0 aliphatic carbocycles. The van der Waals surface area contributed by atoms with E-state index in [1.807, 2.05) is 48.8 Å². The van der Waals surface area contributed by atoms with E-state index in [1.165, 1.54) is 11.3 Å². The third kappa shape index (κ3) is 4.87. The van der Waals surface area contributed by atoms with E-state index in [2.05, 4.69) is 32.3 Å². The molecule has 6 heteroatoms. The number of nitrogens with one attached hydrogen (secondary N) is 1. The zero-order chi connectivity index (χ0) is 17.5. The monoisotopic (exact) mass is 352 g/mol. The highest BCUT2D eigenvalue weighted by Gasteiger charge is 2.09. The van der Waals surface area contributed by atoms with Gasteiger partial charge in [-0.25, -0.2) is 4.98 Å². The van der Waals surface area contributed by atoms with Gasteiger partial charge in [0.1, 0.15) is 5.01 Å². The van der Waals surface area contributed by atoms with E-state index >= 15 is 0 Å². The maximum atomic E-state index is 12.1. The number of likely N-dealkylation sites (N-methyl/N-ethyl adjacent to an activating group) is 1. The molecule has 25 heavy (non-hydrogen) atoms. The summed E-state index contributed by atoms with van der Waals surface area (Å²) in [6.45, 7) is 1.35. The number of amides is 1. The van der Waals surface area contributed by atoms with Gasteiger partial charge in [0.2, 0.25) is 5.91 Å². The normalized spacial score (nSPS) is 10.4. The molecule has 1 N–H and O–H groups in total. The molecule has 1 aromatic carbocycles. The van der Waals surface area contributed by atoms with Gasteiger partial charge in [-0.05, 0) is 24.3 Å². The summed E-state index contributed by atoms with van der Waals surface area (Å²) >= 11 is 1.51. The Labute approximate surface area is 151 Å². The Hall–Kier alpha value is -2.73. The second-order valence-electron chi connectivity index (χ2n) is 5.64. The van der Waals surface area contributed by atoms with Crippen molar-refractivity contribution in [1.29, 1.82) is 0 Å². The first kappa shape index (κ1) is 17.1. The molecule has 0 unspecified atom stereocenters. The first-order valence-electron chi connectivity index (χ1n) is 8.11. The molecule has 2 aromatic heterocycles. The average Bonchev–Trinajstić information content (AvgIpc) is 3.11. The summed E-state index contributed by atoms with van der Waals surface area (Å²) in [4.78, 5) is 23.0. The molecule has 3 rings (SSSR count). The van der Waals surface area contributed by atoms with E-state index in [-0.39, 0.29) is 5.91 Å². The number of rotatable bonds is 7. The summed E-state index contributed by atoms with van der Waals surface area (Å²) < 4.78 is 0. The topological polar surface area (TPSA) is 58.1 Å². The van der Waals surface area contributed by atoms with Crippen molar-refractivity contribution in [2.45, 2.75) is 6.42 Å². The number of nitrogens with zero attached hydrogens (tertiary/aromatic N) is 3. The average molecular weight is 352 g/mol. The van der Waals surface area contributed by atoms with Gasteiger partial charge in [-0.15, -0.1) is 11.3 Å². The smallest absolute Gasteiger partial charge is 0.226 e. The molecule has 0 aliphatic rings. The molecule has 0 spiro atoms. The maximum Gasteiger partial charge on any atom is 0.226 e. The molecule has 5 nitrogen and oxygen atoms in total. The molecule has 0 radical (unpaired) electrons. The number of aromatic nitrogens is 2. The highest BCUT2D eigenvalue weighted by atomic mass is 32.1. The van der Waals surface area contributed by atoms with Crippen LogP contribution in [0.15, 0.2) is 60.1 Å². The lowest BCUT2D eigenvalue weighted by Crippen LogP contribution is -2.33. The lowest BCUT2D eigenvalue weighted by Gasteiger charge is -2.19. The third-order valence-electron chi connectivity index (χ3n) is 3.74. The molecule has 0 fully saturated rings. The van der Waals surface area contributed by atoms with Gasteiger partial charge in [-0.2, -0.15) is 0 Å². The van der Waals surface area contributed by atoms with E-state index in [4.69, 9.17) is 0 Å². The molecule has 3 aromatic rings. The van der Waals surface area contributed by atoms with Gasteiger partial charge in [0.25, 0.3) is 0 Å². The summed E-state index contributed by atoms with van der Waals surface area (Å²) in [6.07, 6.45) is 2.03. The second kappa shape index (κ2) is 8.39. The van der Waals surface area contributed by atoms with Crippen LogP contribution in [0.25, 0.3) is 10.7 Å². The van der Waals surface area contributed by atoms with Gasteiger partial charge in [-0.1, -0.05) is 24.3 Å². The quantitative estimate of drug-likeness (QED) is 0.710. The Morgan fingerprint density at radius 3 is 2.72 bits per heavy atom. The number of benzene rings is 1. The number of carbonyl (C=O) groups is 1. The Bertz CT molecular complexity index is 805. The van der Waals surface area contributed by atoms with Crippen LogP contribution in [0.2, 0.25) is 0 Å². The van der Waals surface area contributed by atoms with E-state index in [0.29, 0.717) is 13.0 Å². The Balaban J connectivity index is 1.46. The molecular weight excluding hydrogens is 332 g/mol. The largest absolute Gasteiger partial charge is 0.373 e. The van der Waals surface area contributed by atoms with Crippen molar-refractivity contribution in [1.82, 2.24) is 15.3 Å². The zero-order valence-electron chi connectivity index (χ0n) is 14.1. The SMILES string of the molecule is CN(CCNC(=O)Cc1csc(-c2ccccn2)n1)c1ccccc1. The van der Waals surface area contributed by atoms with E-state index in [1.54, 1.807) is 6.20 Å². The lowest BCUT2D eigenvalue weighted by molar-refractivity contribution is -0.120. The molecule has 0 bridgehead atoms. The minimum atomic E-state index is -0.0145. The first-order valence-corrected chi connectivity index (χ1v) is 8.99. The summed E-state index contributed by atoms with van der Waals surface area (Å²) in [5, 5.41) is 5.71. The number of hydrogen-bond acceptors (Lipinski definition) is 5. The van der Waals surface area contributed by atoms with E-state index in [0.717, 1.165) is 28.6 Å². The van der Waals surface area contributed by atoms with Gasteiger partial charge in [-0.3, -0.25) is 9.78 Å². The zero-order valence-corrected chi connectivity index (χ0v) is 14.9. The van der Waals surface area contributed by atoms with Crippen molar-refractivity contribution in [3.05, 3.63) is 65.8 Å². The van der Waals surface area contributed by atoms with Gasteiger partial charge in [0.15, 0.2) is 0 Å². The van der Waals surface area contributed by atoms with Crippen molar-refractivity contribution in [3.8, 4) is 10.7 Å². The Morgan fingerprint density at radius 1 is 1.16 bits per heavy atom. The molecule has 128 valence electrons. The minimum Gasteiger partial charge on any atom is -0.373 e. The molecular formula is C19H20N4OS. The fourth-order valence-corrected chi connectivity index (χ4v) is 3.19. The summed E-state index contributed by atoms with van der Waals surface area (Å²) in [7, 11) is 2.01. The van der Waals surface area contributed by atoms with Crippen LogP contribution in [0.1, 0.15) is 5.69 Å². The number of carbonyl (C=O) groups excluding carboxylic acids is 1. The number of anilines is 1.